The highest BCUT2D eigenvalue weighted by Crippen LogP contribution is 2.33. The maximum Gasteiger partial charge on any atom is 0.142 e. The number of Topliss-reactive ketones (excluding diaryl/α,β-unsaturated/α-hetero) is 1. The van der Waals surface area contributed by atoms with Gasteiger partial charge in [0.1, 0.15) is 11.5 Å². The highest BCUT2D eigenvalue weighted by molar-refractivity contribution is 5.87. The van der Waals surface area contributed by atoms with Crippen molar-refractivity contribution in [1.82, 2.24) is 5.32 Å². The second-order valence-electron chi connectivity index (χ2n) is 9.84. The van der Waals surface area contributed by atoms with Crippen molar-refractivity contribution in [2.75, 3.05) is 26.3 Å². The number of ether oxygens (including phenoxy) is 2. The van der Waals surface area contributed by atoms with E-state index in [9.17, 15) is 4.79 Å². The molecule has 190 valence electrons. The van der Waals surface area contributed by atoms with Crippen LogP contribution in [0, 0.1) is 5.92 Å². The van der Waals surface area contributed by atoms with Gasteiger partial charge in [-0.15, -0.1) is 0 Å². The maximum absolute atomic E-state index is 13.4. The molecule has 0 saturated carbocycles. The number of nitrogens with one attached hydrogen (secondary N) is 1. The van der Waals surface area contributed by atoms with Gasteiger partial charge in [-0.3, -0.25) is 4.79 Å². The van der Waals surface area contributed by atoms with Crippen molar-refractivity contribution < 1.29 is 14.3 Å². The monoisotopic (exact) mass is 493 g/mol. The van der Waals surface area contributed by atoms with Crippen LogP contribution in [0.25, 0.3) is 10.8 Å². The largest absolute Gasteiger partial charge is 0.494 e. The van der Waals surface area contributed by atoms with E-state index >= 15 is 0 Å². The van der Waals surface area contributed by atoms with E-state index in [1.807, 2.05) is 42.5 Å². The van der Waals surface area contributed by atoms with Crippen LogP contribution in [0.5, 0.6) is 5.75 Å². The van der Waals surface area contributed by atoms with Gasteiger partial charge in [0.15, 0.2) is 0 Å². The topological polar surface area (TPSA) is 47.6 Å². The molecule has 0 spiro atoms. The van der Waals surface area contributed by atoms with Gasteiger partial charge in [0.25, 0.3) is 0 Å². The van der Waals surface area contributed by atoms with Gasteiger partial charge in [0, 0.05) is 25.3 Å². The second-order valence-corrected chi connectivity index (χ2v) is 9.84. The first kappa shape index (κ1) is 25.2. The molecule has 0 bridgehead atoms. The Balaban J connectivity index is 1.12. The minimum Gasteiger partial charge on any atom is -0.494 e. The summed E-state index contributed by atoms with van der Waals surface area (Å²) in [5.41, 5.74) is 3.49. The minimum atomic E-state index is -0.0197. The molecule has 4 aromatic carbocycles. The van der Waals surface area contributed by atoms with E-state index in [0.717, 1.165) is 37.2 Å². The van der Waals surface area contributed by atoms with Crippen molar-refractivity contribution in [2.24, 2.45) is 5.92 Å². The molecule has 4 nitrogen and oxygen atoms in total. The fraction of sp³-hybridized carbons (Fsp3) is 0.303. The number of hydrogen-bond donors (Lipinski definition) is 1. The van der Waals surface area contributed by atoms with Crippen LogP contribution in [-0.2, 0) is 22.6 Å². The third-order valence-corrected chi connectivity index (χ3v) is 7.21. The molecular weight excluding hydrogens is 458 g/mol. The molecule has 4 aromatic rings. The van der Waals surface area contributed by atoms with Crippen LogP contribution >= 0.6 is 0 Å². The number of benzene rings is 4. The molecule has 1 N–H and O–H groups in total. The molecule has 2 atom stereocenters. The Labute approximate surface area is 219 Å². The zero-order valence-corrected chi connectivity index (χ0v) is 21.3. The molecule has 0 amide bonds. The molecule has 5 rings (SSSR count). The van der Waals surface area contributed by atoms with Crippen LogP contribution < -0.4 is 10.1 Å². The fourth-order valence-electron chi connectivity index (χ4n) is 5.20. The molecule has 2 unspecified atom stereocenters. The van der Waals surface area contributed by atoms with E-state index in [4.69, 9.17) is 9.47 Å². The van der Waals surface area contributed by atoms with Gasteiger partial charge in [0.05, 0.1) is 19.8 Å². The quantitative estimate of drug-likeness (QED) is 0.248. The molecule has 1 fully saturated rings. The van der Waals surface area contributed by atoms with Crippen LogP contribution in [0.4, 0.5) is 0 Å². The molecule has 1 heterocycles. The van der Waals surface area contributed by atoms with Crippen molar-refractivity contribution in [3.8, 4) is 5.75 Å². The third kappa shape index (κ3) is 6.85. The number of carbonyl (C=O) groups is 1. The Morgan fingerprint density at radius 3 is 2.43 bits per heavy atom. The Morgan fingerprint density at radius 1 is 0.811 bits per heavy atom. The predicted octanol–water partition coefficient (Wildman–Crippen LogP) is 6.33. The summed E-state index contributed by atoms with van der Waals surface area (Å²) < 4.78 is 11.7. The minimum absolute atomic E-state index is 0.0197. The average molecular weight is 494 g/mol. The normalized spacial score (nSPS) is 17.5. The van der Waals surface area contributed by atoms with Gasteiger partial charge in [0.2, 0.25) is 0 Å². The summed E-state index contributed by atoms with van der Waals surface area (Å²) in [7, 11) is 0. The van der Waals surface area contributed by atoms with Crippen molar-refractivity contribution >= 4 is 16.6 Å². The summed E-state index contributed by atoms with van der Waals surface area (Å²) >= 11 is 0. The first-order chi connectivity index (χ1) is 18.3. The van der Waals surface area contributed by atoms with Gasteiger partial charge < -0.3 is 14.8 Å². The SMILES string of the molecule is O=C(Cc1ccc2ccccc2c1)C1CNCCC1c1ccc(OCCCOCc2ccccc2)cc1. The molecular formula is C33H35NO3. The zero-order chi connectivity index (χ0) is 25.3. The number of fused-ring (bicyclic) bond motifs is 1. The molecule has 0 aromatic heterocycles. The van der Waals surface area contributed by atoms with E-state index < -0.39 is 0 Å². The van der Waals surface area contributed by atoms with E-state index in [1.165, 1.54) is 21.9 Å². The van der Waals surface area contributed by atoms with Crippen LogP contribution in [0.3, 0.4) is 0 Å². The van der Waals surface area contributed by atoms with Crippen molar-refractivity contribution in [3.05, 3.63) is 114 Å². The van der Waals surface area contributed by atoms with Gasteiger partial charge in [-0.2, -0.15) is 0 Å². The van der Waals surface area contributed by atoms with Crippen LogP contribution in [0.1, 0.15) is 35.4 Å². The summed E-state index contributed by atoms with van der Waals surface area (Å²) in [5, 5.41) is 5.83. The van der Waals surface area contributed by atoms with Gasteiger partial charge in [-0.1, -0.05) is 84.9 Å². The third-order valence-electron chi connectivity index (χ3n) is 7.21. The molecule has 37 heavy (non-hydrogen) atoms. The Hall–Kier alpha value is -3.47. The average Bonchev–Trinajstić information content (AvgIpc) is 2.96. The molecule has 0 aliphatic carbocycles. The standard InChI is InChI=1S/C33H35NO3/c35-33(22-26-11-12-27-9-4-5-10-29(27)21-26)32-23-34-18-17-31(32)28-13-15-30(16-14-28)37-20-6-19-36-24-25-7-2-1-3-8-25/h1-5,7-16,21,31-32,34H,6,17-20,22-24H2. The number of hydrogen-bond acceptors (Lipinski definition) is 4. The lowest BCUT2D eigenvalue weighted by Crippen LogP contribution is -2.40. The lowest BCUT2D eigenvalue weighted by atomic mass is 9.77. The number of rotatable bonds is 11. The van der Waals surface area contributed by atoms with Crippen molar-refractivity contribution in [2.45, 2.75) is 31.8 Å². The maximum atomic E-state index is 13.4. The van der Waals surface area contributed by atoms with Crippen LogP contribution in [-0.4, -0.2) is 32.1 Å². The summed E-state index contributed by atoms with van der Waals surface area (Å²) in [4.78, 5) is 13.4. The predicted molar refractivity (Wildman–Crippen MR) is 149 cm³/mol. The van der Waals surface area contributed by atoms with Gasteiger partial charge in [-0.25, -0.2) is 0 Å². The van der Waals surface area contributed by atoms with Gasteiger partial charge in [-0.05, 0) is 58.5 Å². The Bertz CT molecular complexity index is 1290. The van der Waals surface area contributed by atoms with Crippen molar-refractivity contribution in [3.63, 3.8) is 0 Å². The molecule has 0 radical (unpaired) electrons. The number of ketones is 1. The Morgan fingerprint density at radius 2 is 1.59 bits per heavy atom. The van der Waals surface area contributed by atoms with Gasteiger partial charge >= 0.3 is 0 Å². The first-order valence-electron chi connectivity index (χ1n) is 13.3. The number of carbonyl (C=O) groups excluding carboxylic acids is 1. The van der Waals surface area contributed by atoms with Crippen LogP contribution in [0.15, 0.2) is 97.1 Å². The van der Waals surface area contributed by atoms with E-state index in [-0.39, 0.29) is 11.8 Å². The van der Waals surface area contributed by atoms with E-state index in [0.29, 0.717) is 32.0 Å². The molecule has 4 heteroatoms. The molecule has 1 aliphatic heterocycles. The summed E-state index contributed by atoms with van der Waals surface area (Å²) in [6, 6.07) is 33.2. The second kappa shape index (κ2) is 12.7. The lowest BCUT2D eigenvalue weighted by Gasteiger charge is -2.31. The molecule has 1 saturated heterocycles. The Kier molecular flexibility index (Phi) is 8.62. The smallest absolute Gasteiger partial charge is 0.142 e. The van der Waals surface area contributed by atoms with Crippen LogP contribution in [0.2, 0.25) is 0 Å². The summed E-state index contributed by atoms with van der Waals surface area (Å²) in [6.07, 6.45) is 2.28. The summed E-state index contributed by atoms with van der Waals surface area (Å²) in [6.45, 7) is 3.59. The highest BCUT2D eigenvalue weighted by atomic mass is 16.5. The summed E-state index contributed by atoms with van der Waals surface area (Å²) in [5.74, 6) is 1.38. The number of piperidine rings is 1. The highest BCUT2D eigenvalue weighted by Gasteiger charge is 2.31. The molecule has 1 aliphatic rings. The fourth-order valence-corrected chi connectivity index (χ4v) is 5.20. The lowest BCUT2D eigenvalue weighted by molar-refractivity contribution is -0.123. The van der Waals surface area contributed by atoms with E-state index in [2.05, 4.69) is 59.9 Å². The first-order valence-corrected chi connectivity index (χ1v) is 13.3. The van der Waals surface area contributed by atoms with E-state index in [1.54, 1.807) is 0 Å². The van der Waals surface area contributed by atoms with Crippen molar-refractivity contribution in [1.29, 1.82) is 0 Å². The zero-order valence-electron chi connectivity index (χ0n) is 21.3.